The number of aromatic nitrogens is 2. The van der Waals surface area contributed by atoms with Crippen LogP contribution in [0.2, 0.25) is 0 Å². The highest BCUT2D eigenvalue weighted by Gasteiger charge is 2.32. The van der Waals surface area contributed by atoms with E-state index in [2.05, 4.69) is 17.1 Å². The van der Waals surface area contributed by atoms with Gasteiger partial charge in [0.05, 0.1) is 6.54 Å². The lowest BCUT2D eigenvalue weighted by Crippen LogP contribution is -3.09. The first-order valence-corrected chi connectivity index (χ1v) is 10.4. The SMILES string of the molecule is O=c1[nH]c(C[NH+]2CCC[C@H]2c2ccc3c(c2)OCCO3)nc2c1oc1ccccc12. The number of benzene rings is 2. The summed E-state index contributed by atoms with van der Waals surface area (Å²) in [6, 6.07) is 14.2. The number of hydrogen-bond acceptors (Lipinski definition) is 5. The molecule has 0 spiro atoms. The Kier molecular flexibility index (Phi) is 4.02. The summed E-state index contributed by atoms with van der Waals surface area (Å²) >= 11 is 0. The summed E-state index contributed by atoms with van der Waals surface area (Å²) in [5.74, 6) is 2.33. The first-order valence-electron chi connectivity index (χ1n) is 10.4. The molecule has 2 aromatic carbocycles. The van der Waals surface area contributed by atoms with Crippen LogP contribution < -0.4 is 19.9 Å². The fourth-order valence-electron chi connectivity index (χ4n) is 4.75. The van der Waals surface area contributed by atoms with Crippen molar-refractivity contribution in [2.24, 2.45) is 0 Å². The minimum atomic E-state index is -0.222. The van der Waals surface area contributed by atoms with E-state index in [4.69, 9.17) is 18.9 Å². The fourth-order valence-corrected chi connectivity index (χ4v) is 4.75. The molecule has 4 aromatic rings. The van der Waals surface area contributed by atoms with E-state index in [0.717, 1.165) is 36.3 Å². The quantitative estimate of drug-likeness (QED) is 0.548. The number of hydrogen-bond donors (Lipinski definition) is 2. The number of aromatic amines is 1. The number of para-hydroxylation sites is 1. The average Bonchev–Trinajstić information content (AvgIpc) is 3.38. The number of nitrogens with one attached hydrogen (secondary N) is 2. The van der Waals surface area contributed by atoms with Gasteiger partial charge in [-0.05, 0) is 30.3 Å². The van der Waals surface area contributed by atoms with E-state index in [1.807, 2.05) is 30.3 Å². The molecule has 1 fully saturated rings. The Morgan fingerprint density at radius 3 is 2.90 bits per heavy atom. The standard InChI is InChI=1S/C23H21N3O4/c27-23-22-21(15-4-1-2-6-17(15)30-22)24-20(25-23)13-26-9-3-5-16(26)14-7-8-18-19(12-14)29-11-10-28-18/h1-2,4,6-8,12,16H,3,5,9-11,13H2,(H,24,25,27)/p+1/t16-/m0/s1. The van der Waals surface area contributed by atoms with Crippen LogP contribution in [-0.4, -0.2) is 29.7 Å². The van der Waals surface area contributed by atoms with E-state index in [-0.39, 0.29) is 5.56 Å². The van der Waals surface area contributed by atoms with Crippen LogP contribution in [0.5, 0.6) is 11.5 Å². The summed E-state index contributed by atoms with van der Waals surface area (Å²) in [7, 11) is 0. The lowest BCUT2D eigenvalue weighted by atomic mass is 10.0. The van der Waals surface area contributed by atoms with Gasteiger partial charge < -0.3 is 23.8 Å². The number of likely N-dealkylation sites (tertiary alicyclic amines) is 1. The summed E-state index contributed by atoms with van der Waals surface area (Å²) in [6.07, 6.45) is 2.23. The van der Waals surface area contributed by atoms with E-state index in [0.29, 0.717) is 48.3 Å². The molecule has 30 heavy (non-hydrogen) atoms. The molecule has 2 aliphatic heterocycles. The monoisotopic (exact) mass is 404 g/mol. The molecule has 6 rings (SSSR count). The number of quaternary nitrogens is 1. The van der Waals surface area contributed by atoms with Gasteiger partial charge in [0.1, 0.15) is 36.9 Å². The number of rotatable bonds is 3. The lowest BCUT2D eigenvalue weighted by molar-refractivity contribution is -0.932. The number of H-pyrrole nitrogens is 1. The molecule has 0 aliphatic carbocycles. The second-order valence-electron chi connectivity index (χ2n) is 7.97. The lowest BCUT2D eigenvalue weighted by Gasteiger charge is -2.24. The van der Waals surface area contributed by atoms with Crippen LogP contribution in [0.15, 0.2) is 51.7 Å². The van der Waals surface area contributed by atoms with E-state index < -0.39 is 0 Å². The third-order valence-electron chi connectivity index (χ3n) is 6.13. The normalized spacial score (nSPS) is 20.8. The molecule has 1 saturated heterocycles. The number of nitrogens with zero attached hydrogens (tertiary/aromatic N) is 1. The smallest absolute Gasteiger partial charge is 0.294 e. The summed E-state index contributed by atoms with van der Waals surface area (Å²) < 4.78 is 17.1. The van der Waals surface area contributed by atoms with Gasteiger partial charge in [-0.15, -0.1) is 0 Å². The van der Waals surface area contributed by atoms with Gasteiger partial charge in [0.2, 0.25) is 5.58 Å². The average molecular weight is 404 g/mol. The van der Waals surface area contributed by atoms with Crippen molar-refractivity contribution >= 4 is 22.1 Å². The Labute approximate surface area is 172 Å². The number of ether oxygens (including phenoxy) is 2. The predicted molar refractivity (Wildman–Crippen MR) is 111 cm³/mol. The molecule has 7 nitrogen and oxygen atoms in total. The molecule has 4 heterocycles. The second kappa shape index (κ2) is 6.88. The van der Waals surface area contributed by atoms with Gasteiger partial charge in [-0.3, -0.25) is 4.79 Å². The predicted octanol–water partition coefficient (Wildman–Crippen LogP) is 2.36. The highest BCUT2D eigenvalue weighted by Crippen LogP contribution is 2.33. The minimum absolute atomic E-state index is 0.222. The highest BCUT2D eigenvalue weighted by molar-refractivity contribution is 6.01. The van der Waals surface area contributed by atoms with E-state index in [9.17, 15) is 4.79 Å². The first kappa shape index (κ1) is 17.5. The summed E-state index contributed by atoms with van der Waals surface area (Å²) in [4.78, 5) is 21.7. The molecule has 2 N–H and O–H groups in total. The zero-order chi connectivity index (χ0) is 20.1. The van der Waals surface area contributed by atoms with Crippen LogP contribution in [0, 0.1) is 0 Å². The Hall–Kier alpha value is -3.32. The van der Waals surface area contributed by atoms with Gasteiger partial charge in [-0.25, -0.2) is 4.98 Å². The molecule has 2 aliphatic rings. The van der Waals surface area contributed by atoms with Crippen LogP contribution >= 0.6 is 0 Å². The second-order valence-corrected chi connectivity index (χ2v) is 7.97. The maximum absolute atomic E-state index is 12.6. The number of fused-ring (bicyclic) bond motifs is 4. The number of furan rings is 1. The Morgan fingerprint density at radius 2 is 1.97 bits per heavy atom. The van der Waals surface area contributed by atoms with Crippen LogP contribution in [0.3, 0.4) is 0 Å². The van der Waals surface area contributed by atoms with Gasteiger partial charge in [0.15, 0.2) is 17.3 Å². The molecule has 0 amide bonds. The largest absolute Gasteiger partial charge is 0.486 e. The van der Waals surface area contributed by atoms with Gasteiger partial charge in [0.25, 0.3) is 5.56 Å². The van der Waals surface area contributed by atoms with E-state index >= 15 is 0 Å². The van der Waals surface area contributed by atoms with E-state index in [1.54, 1.807) is 0 Å². The van der Waals surface area contributed by atoms with Crippen molar-refractivity contribution in [1.82, 2.24) is 9.97 Å². The van der Waals surface area contributed by atoms with Crippen molar-refractivity contribution in [2.75, 3.05) is 19.8 Å². The van der Waals surface area contributed by atoms with Crippen molar-refractivity contribution in [3.05, 3.63) is 64.2 Å². The first-order chi connectivity index (χ1) is 14.8. The maximum Gasteiger partial charge on any atom is 0.294 e. The molecular weight excluding hydrogens is 382 g/mol. The Morgan fingerprint density at radius 1 is 1.10 bits per heavy atom. The molecule has 2 atom stereocenters. The van der Waals surface area contributed by atoms with Crippen LogP contribution in [0.1, 0.15) is 30.3 Å². The summed E-state index contributed by atoms with van der Waals surface area (Å²) in [6.45, 7) is 2.87. The van der Waals surface area contributed by atoms with Gasteiger partial charge in [0, 0.05) is 23.8 Å². The van der Waals surface area contributed by atoms with Crippen molar-refractivity contribution in [3.8, 4) is 11.5 Å². The van der Waals surface area contributed by atoms with Crippen molar-refractivity contribution in [1.29, 1.82) is 0 Å². The van der Waals surface area contributed by atoms with Crippen molar-refractivity contribution in [3.63, 3.8) is 0 Å². The fraction of sp³-hybridized carbons (Fsp3) is 0.304. The van der Waals surface area contributed by atoms with E-state index in [1.165, 1.54) is 10.5 Å². The molecular formula is C23H22N3O4+. The summed E-state index contributed by atoms with van der Waals surface area (Å²) in [5.41, 5.74) is 2.63. The third-order valence-corrected chi connectivity index (χ3v) is 6.13. The van der Waals surface area contributed by atoms with Crippen molar-refractivity contribution in [2.45, 2.75) is 25.4 Å². The van der Waals surface area contributed by atoms with Crippen LogP contribution in [0.25, 0.3) is 22.1 Å². The minimum Gasteiger partial charge on any atom is -0.486 e. The molecule has 1 unspecified atom stereocenters. The van der Waals surface area contributed by atoms with Crippen molar-refractivity contribution < 1.29 is 18.8 Å². The van der Waals surface area contributed by atoms with Crippen LogP contribution in [0.4, 0.5) is 0 Å². The zero-order valence-electron chi connectivity index (χ0n) is 16.4. The molecule has 152 valence electrons. The molecule has 7 heteroatoms. The molecule has 2 aromatic heterocycles. The maximum atomic E-state index is 12.6. The molecule has 0 saturated carbocycles. The van der Waals surface area contributed by atoms with Crippen LogP contribution in [-0.2, 0) is 6.54 Å². The topological polar surface area (TPSA) is 81.8 Å². The third kappa shape index (κ3) is 2.85. The highest BCUT2D eigenvalue weighted by atomic mass is 16.6. The molecule has 0 bridgehead atoms. The Bertz CT molecular complexity index is 1310. The van der Waals surface area contributed by atoms with Gasteiger partial charge in [-0.1, -0.05) is 12.1 Å². The Balaban J connectivity index is 1.33. The summed E-state index contributed by atoms with van der Waals surface area (Å²) in [5, 5.41) is 0.875. The van der Waals surface area contributed by atoms with Gasteiger partial charge >= 0.3 is 0 Å². The molecule has 0 radical (unpaired) electrons. The van der Waals surface area contributed by atoms with Gasteiger partial charge in [-0.2, -0.15) is 0 Å². The zero-order valence-corrected chi connectivity index (χ0v) is 16.4.